The van der Waals surface area contributed by atoms with Gasteiger partial charge in [-0.05, 0) is 18.2 Å². The zero-order valence-electron chi connectivity index (χ0n) is 8.80. The van der Waals surface area contributed by atoms with Crippen LogP contribution in [0.4, 0.5) is 4.39 Å². The SMILES string of the molecule is C=C(Cl)CNC(=O)COc1ccc(Br)cc1F. The molecule has 0 radical (unpaired) electrons. The fraction of sp³-hybridized carbons (Fsp3) is 0.182. The molecule has 0 heterocycles. The summed E-state index contributed by atoms with van der Waals surface area (Å²) in [4.78, 5) is 11.2. The van der Waals surface area contributed by atoms with E-state index in [1.807, 2.05) is 0 Å². The van der Waals surface area contributed by atoms with Gasteiger partial charge >= 0.3 is 0 Å². The Kier molecular flexibility index (Phi) is 5.44. The van der Waals surface area contributed by atoms with Crippen LogP contribution in [-0.4, -0.2) is 19.1 Å². The van der Waals surface area contributed by atoms with E-state index in [2.05, 4.69) is 27.8 Å². The summed E-state index contributed by atoms with van der Waals surface area (Å²) in [7, 11) is 0. The standard InChI is InChI=1S/C11H10BrClFNO2/c1-7(13)5-15-11(16)6-17-10-3-2-8(12)4-9(10)14/h2-4H,1,5-6H2,(H,15,16). The van der Waals surface area contributed by atoms with Gasteiger partial charge in [0.05, 0.1) is 6.54 Å². The third-order valence-electron chi connectivity index (χ3n) is 1.73. The molecular weight excluding hydrogens is 312 g/mol. The van der Waals surface area contributed by atoms with Gasteiger partial charge in [-0.3, -0.25) is 4.79 Å². The van der Waals surface area contributed by atoms with Crippen LogP contribution in [0.2, 0.25) is 0 Å². The number of carbonyl (C=O) groups is 1. The first-order valence-electron chi connectivity index (χ1n) is 4.67. The van der Waals surface area contributed by atoms with Crippen molar-refractivity contribution in [2.45, 2.75) is 0 Å². The van der Waals surface area contributed by atoms with Crippen LogP contribution in [0.25, 0.3) is 0 Å². The summed E-state index contributed by atoms with van der Waals surface area (Å²) in [5.41, 5.74) is 0. The molecule has 0 aromatic heterocycles. The Labute approximate surface area is 112 Å². The number of benzene rings is 1. The van der Waals surface area contributed by atoms with Crippen molar-refractivity contribution in [3.8, 4) is 5.75 Å². The van der Waals surface area contributed by atoms with E-state index in [-0.39, 0.29) is 18.9 Å². The van der Waals surface area contributed by atoms with Gasteiger partial charge in [0.25, 0.3) is 5.91 Å². The molecule has 3 nitrogen and oxygen atoms in total. The second-order valence-corrected chi connectivity index (χ2v) is 4.61. The summed E-state index contributed by atoms with van der Waals surface area (Å²) >= 11 is 8.58. The Hall–Kier alpha value is -1.07. The largest absolute Gasteiger partial charge is 0.481 e. The molecule has 0 bridgehead atoms. The summed E-state index contributed by atoms with van der Waals surface area (Å²) in [6.07, 6.45) is 0. The summed E-state index contributed by atoms with van der Waals surface area (Å²) in [5, 5.41) is 2.77. The Morgan fingerprint density at radius 3 is 2.88 bits per heavy atom. The van der Waals surface area contributed by atoms with Gasteiger partial charge in [-0.15, -0.1) is 0 Å². The van der Waals surface area contributed by atoms with E-state index in [1.165, 1.54) is 12.1 Å². The summed E-state index contributed by atoms with van der Waals surface area (Å²) < 4.78 is 18.9. The molecule has 1 amide bonds. The number of hydrogen-bond donors (Lipinski definition) is 1. The van der Waals surface area contributed by atoms with E-state index in [1.54, 1.807) is 6.07 Å². The monoisotopic (exact) mass is 321 g/mol. The minimum absolute atomic E-state index is 0.0213. The molecule has 0 aliphatic rings. The van der Waals surface area contributed by atoms with Crippen LogP contribution < -0.4 is 10.1 Å². The van der Waals surface area contributed by atoms with Crippen molar-refractivity contribution in [2.75, 3.05) is 13.2 Å². The van der Waals surface area contributed by atoms with Crippen LogP contribution in [0, 0.1) is 5.82 Å². The van der Waals surface area contributed by atoms with Crippen molar-refractivity contribution in [3.63, 3.8) is 0 Å². The number of carbonyl (C=O) groups excluding carboxylic acids is 1. The van der Waals surface area contributed by atoms with E-state index >= 15 is 0 Å². The average molecular weight is 323 g/mol. The first-order valence-corrected chi connectivity index (χ1v) is 5.84. The molecular formula is C11H10BrClFNO2. The van der Waals surface area contributed by atoms with Gasteiger partial charge in [0.2, 0.25) is 0 Å². The van der Waals surface area contributed by atoms with Crippen molar-refractivity contribution in [2.24, 2.45) is 0 Å². The minimum atomic E-state index is -0.533. The number of halogens is 3. The van der Waals surface area contributed by atoms with Gasteiger partial charge in [-0.2, -0.15) is 0 Å². The van der Waals surface area contributed by atoms with Crippen molar-refractivity contribution in [1.29, 1.82) is 0 Å². The number of nitrogens with one attached hydrogen (secondary N) is 1. The molecule has 1 aromatic carbocycles. The third kappa shape index (κ3) is 5.19. The lowest BCUT2D eigenvalue weighted by Crippen LogP contribution is -2.29. The molecule has 0 atom stereocenters. The maximum atomic E-state index is 13.3. The number of rotatable bonds is 5. The Balaban J connectivity index is 2.44. The van der Waals surface area contributed by atoms with Crippen LogP contribution in [0.3, 0.4) is 0 Å². The first-order chi connectivity index (χ1) is 7.99. The molecule has 0 aliphatic heterocycles. The number of hydrogen-bond acceptors (Lipinski definition) is 2. The fourth-order valence-corrected chi connectivity index (χ4v) is 1.38. The maximum Gasteiger partial charge on any atom is 0.258 e. The van der Waals surface area contributed by atoms with Gasteiger partial charge in [0.15, 0.2) is 18.2 Å². The molecule has 0 saturated carbocycles. The van der Waals surface area contributed by atoms with Crippen molar-refractivity contribution >= 4 is 33.4 Å². The normalized spacial score (nSPS) is 9.82. The van der Waals surface area contributed by atoms with Gasteiger partial charge in [-0.25, -0.2) is 4.39 Å². The second kappa shape index (κ2) is 6.61. The van der Waals surface area contributed by atoms with Crippen LogP contribution in [0.1, 0.15) is 0 Å². The first kappa shape index (κ1) is 14.0. The van der Waals surface area contributed by atoms with E-state index in [0.29, 0.717) is 9.51 Å². The highest BCUT2D eigenvalue weighted by atomic mass is 79.9. The zero-order chi connectivity index (χ0) is 12.8. The van der Waals surface area contributed by atoms with Crippen LogP contribution in [-0.2, 0) is 4.79 Å². The van der Waals surface area contributed by atoms with E-state index in [9.17, 15) is 9.18 Å². The van der Waals surface area contributed by atoms with Crippen LogP contribution >= 0.6 is 27.5 Å². The molecule has 0 fully saturated rings. The molecule has 0 saturated heterocycles. The lowest BCUT2D eigenvalue weighted by Gasteiger charge is -2.07. The summed E-state index contributed by atoms with van der Waals surface area (Å²) in [5.74, 6) is -0.906. The third-order valence-corrected chi connectivity index (χ3v) is 2.36. The van der Waals surface area contributed by atoms with Crippen LogP contribution in [0.15, 0.2) is 34.3 Å². The van der Waals surface area contributed by atoms with Gasteiger partial charge < -0.3 is 10.1 Å². The molecule has 1 rings (SSSR count). The molecule has 17 heavy (non-hydrogen) atoms. The lowest BCUT2D eigenvalue weighted by atomic mass is 10.3. The minimum Gasteiger partial charge on any atom is -0.481 e. The van der Waals surface area contributed by atoms with Gasteiger partial charge in [0.1, 0.15) is 0 Å². The molecule has 0 aliphatic carbocycles. The molecule has 1 N–H and O–H groups in total. The number of ether oxygens (including phenoxy) is 1. The summed E-state index contributed by atoms with van der Waals surface area (Å²) in [6, 6.07) is 4.32. The highest BCUT2D eigenvalue weighted by Gasteiger charge is 2.07. The quantitative estimate of drug-likeness (QED) is 0.905. The Bertz CT molecular complexity index is 439. The van der Waals surface area contributed by atoms with Crippen molar-refractivity contribution < 1.29 is 13.9 Å². The molecule has 1 aromatic rings. The van der Waals surface area contributed by atoms with E-state index in [4.69, 9.17) is 16.3 Å². The molecule has 0 spiro atoms. The highest BCUT2D eigenvalue weighted by Crippen LogP contribution is 2.21. The van der Waals surface area contributed by atoms with Crippen molar-refractivity contribution in [1.82, 2.24) is 5.32 Å². The second-order valence-electron chi connectivity index (χ2n) is 3.16. The smallest absolute Gasteiger partial charge is 0.258 e. The average Bonchev–Trinajstić information content (AvgIpc) is 2.25. The Morgan fingerprint density at radius 2 is 2.29 bits per heavy atom. The predicted molar refractivity (Wildman–Crippen MR) is 67.6 cm³/mol. The zero-order valence-corrected chi connectivity index (χ0v) is 11.1. The van der Waals surface area contributed by atoms with E-state index < -0.39 is 11.7 Å². The van der Waals surface area contributed by atoms with E-state index in [0.717, 1.165) is 0 Å². The topological polar surface area (TPSA) is 38.3 Å². The molecule has 6 heteroatoms. The fourth-order valence-electron chi connectivity index (χ4n) is 0.981. The van der Waals surface area contributed by atoms with Gasteiger partial charge in [-0.1, -0.05) is 34.1 Å². The maximum absolute atomic E-state index is 13.3. The van der Waals surface area contributed by atoms with Gasteiger partial charge in [0, 0.05) is 9.51 Å². The van der Waals surface area contributed by atoms with Crippen LogP contribution in [0.5, 0.6) is 5.75 Å². The highest BCUT2D eigenvalue weighted by molar-refractivity contribution is 9.10. The number of amides is 1. The lowest BCUT2D eigenvalue weighted by molar-refractivity contribution is -0.122. The summed E-state index contributed by atoms with van der Waals surface area (Å²) in [6.45, 7) is 3.30. The predicted octanol–water partition coefficient (Wildman–Crippen LogP) is 2.84. The van der Waals surface area contributed by atoms with Crippen molar-refractivity contribution in [3.05, 3.63) is 40.1 Å². The molecule has 92 valence electrons. The molecule has 0 unspecified atom stereocenters. The Morgan fingerprint density at radius 1 is 1.59 bits per heavy atom.